The number of methoxy groups -OCH3 is 1. The van der Waals surface area contributed by atoms with Gasteiger partial charge in [-0.05, 0) is 31.0 Å². The standard InChI is InChI=1S/C15H21N3O2/c1-20-14-5-2-11(16)10-13(14)15(19)18-8-6-17(7-9-18)12-3-4-12/h2,5,10,12H,3-4,6-9,16H2,1H3. The molecule has 0 bridgehead atoms. The zero-order chi connectivity index (χ0) is 14.1. The number of carbonyl (C=O) groups is 1. The number of anilines is 1. The van der Waals surface area contributed by atoms with Crippen LogP contribution in [0.4, 0.5) is 5.69 Å². The van der Waals surface area contributed by atoms with E-state index in [4.69, 9.17) is 10.5 Å². The molecule has 108 valence electrons. The lowest BCUT2D eigenvalue weighted by Gasteiger charge is -2.35. The second-order valence-corrected chi connectivity index (χ2v) is 5.52. The van der Waals surface area contributed by atoms with Gasteiger partial charge in [-0.3, -0.25) is 9.69 Å². The van der Waals surface area contributed by atoms with Crippen LogP contribution < -0.4 is 10.5 Å². The van der Waals surface area contributed by atoms with Crippen LogP contribution in [0.2, 0.25) is 0 Å². The van der Waals surface area contributed by atoms with Crippen molar-refractivity contribution < 1.29 is 9.53 Å². The van der Waals surface area contributed by atoms with Gasteiger partial charge in [0.2, 0.25) is 0 Å². The first-order valence-electron chi connectivity index (χ1n) is 7.16. The molecule has 20 heavy (non-hydrogen) atoms. The first kappa shape index (κ1) is 13.2. The Hall–Kier alpha value is -1.75. The summed E-state index contributed by atoms with van der Waals surface area (Å²) in [5, 5.41) is 0. The topological polar surface area (TPSA) is 58.8 Å². The summed E-state index contributed by atoms with van der Waals surface area (Å²) in [4.78, 5) is 17.0. The summed E-state index contributed by atoms with van der Waals surface area (Å²) in [5.41, 5.74) is 6.94. The van der Waals surface area contributed by atoms with Crippen molar-refractivity contribution >= 4 is 11.6 Å². The van der Waals surface area contributed by atoms with Gasteiger partial charge in [-0.25, -0.2) is 0 Å². The molecule has 2 N–H and O–H groups in total. The molecule has 2 fully saturated rings. The molecule has 1 amide bonds. The van der Waals surface area contributed by atoms with Crippen LogP contribution in [0.25, 0.3) is 0 Å². The molecular formula is C15H21N3O2. The zero-order valence-electron chi connectivity index (χ0n) is 11.8. The van der Waals surface area contributed by atoms with Gasteiger partial charge in [0.15, 0.2) is 0 Å². The fourth-order valence-electron chi connectivity index (χ4n) is 2.79. The van der Waals surface area contributed by atoms with Crippen molar-refractivity contribution in [1.82, 2.24) is 9.80 Å². The molecule has 1 aromatic rings. The molecule has 1 saturated heterocycles. The Morgan fingerprint density at radius 3 is 2.55 bits per heavy atom. The summed E-state index contributed by atoms with van der Waals surface area (Å²) in [6.45, 7) is 3.52. The third-order valence-electron chi connectivity index (χ3n) is 4.12. The fraction of sp³-hybridized carbons (Fsp3) is 0.533. The summed E-state index contributed by atoms with van der Waals surface area (Å²) in [6, 6.07) is 5.98. The lowest BCUT2D eigenvalue weighted by molar-refractivity contribution is 0.0624. The lowest BCUT2D eigenvalue weighted by atomic mass is 10.1. The Kier molecular flexibility index (Phi) is 3.53. The number of benzene rings is 1. The normalized spacial score (nSPS) is 19.9. The molecule has 3 rings (SSSR count). The number of hydrogen-bond donors (Lipinski definition) is 1. The molecule has 0 spiro atoms. The predicted molar refractivity (Wildman–Crippen MR) is 77.9 cm³/mol. The zero-order valence-corrected chi connectivity index (χ0v) is 11.8. The van der Waals surface area contributed by atoms with Gasteiger partial charge in [-0.15, -0.1) is 0 Å². The van der Waals surface area contributed by atoms with E-state index in [2.05, 4.69) is 4.90 Å². The van der Waals surface area contributed by atoms with Gasteiger partial charge in [-0.1, -0.05) is 0 Å². The molecular weight excluding hydrogens is 254 g/mol. The minimum atomic E-state index is 0.0181. The average Bonchev–Trinajstić information content (AvgIpc) is 3.31. The quantitative estimate of drug-likeness (QED) is 0.842. The van der Waals surface area contributed by atoms with Gasteiger partial charge in [0.25, 0.3) is 5.91 Å². The Morgan fingerprint density at radius 2 is 1.95 bits per heavy atom. The number of amides is 1. The van der Waals surface area contributed by atoms with E-state index < -0.39 is 0 Å². The minimum Gasteiger partial charge on any atom is -0.496 e. The molecule has 0 radical (unpaired) electrons. The van der Waals surface area contributed by atoms with Crippen LogP contribution in [-0.4, -0.2) is 55.0 Å². The van der Waals surface area contributed by atoms with Crippen LogP contribution in [0.5, 0.6) is 5.75 Å². The number of rotatable bonds is 3. The molecule has 5 nitrogen and oxygen atoms in total. The van der Waals surface area contributed by atoms with E-state index in [1.54, 1.807) is 25.3 Å². The molecule has 2 aliphatic rings. The molecule has 1 saturated carbocycles. The predicted octanol–water partition coefficient (Wildman–Crippen LogP) is 1.20. The summed E-state index contributed by atoms with van der Waals surface area (Å²) >= 11 is 0. The fourth-order valence-corrected chi connectivity index (χ4v) is 2.79. The van der Waals surface area contributed by atoms with Crippen LogP contribution in [0.15, 0.2) is 18.2 Å². The second kappa shape index (κ2) is 5.32. The summed E-state index contributed by atoms with van der Waals surface area (Å²) in [6.07, 6.45) is 2.63. The van der Waals surface area contributed by atoms with Gasteiger partial charge in [0.1, 0.15) is 5.75 Å². The van der Waals surface area contributed by atoms with E-state index in [9.17, 15) is 4.79 Å². The van der Waals surface area contributed by atoms with Crippen molar-refractivity contribution in [1.29, 1.82) is 0 Å². The number of carbonyl (C=O) groups excluding carboxylic acids is 1. The average molecular weight is 275 g/mol. The highest BCUT2D eigenvalue weighted by Gasteiger charge is 2.32. The Morgan fingerprint density at radius 1 is 1.25 bits per heavy atom. The van der Waals surface area contributed by atoms with Gasteiger partial charge < -0.3 is 15.4 Å². The number of hydrogen-bond acceptors (Lipinski definition) is 4. The molecule has 0 unspecified atom stereocenters. The minimum absolute atomic E-state index is 0.0181. The van der Waals surface area contributed by atoms with Crippen molar-refractivity contribution in [2.75, 3.05) is 39.0 Å². The van der Waals surface area contributed by atoms with Gasteiger partial charge >= 0.3 is 0 Å². The monoisotopic (exact) mass is 275 g/mol. The van der Waals surface area contributed by atoms with Crippen molar-refractivity contribution in [2.45, 2.75) is 18.9 Å². The first-order valence-corrected chi connectivity index (χ1v) is 7.16. The SMILES string of the molecule is COc1ccc(N)cc1C(=O)N1CCN(C2CC2)CC1. The number of ether oxygens (including phenoxy) is 1. The van der Waals surface area contributed by atoms with E-state index >= 15 is 0 Å². The number of nitrogens with zero attached hydrogens (tertiary/aromatic N) is 2. The molecule has 1 aliphatic carbocycles. The third-order valence-corrected chi connectivity index (χ3v) is 4.12. The van der Waals surface area contributed by atoms with Gasteiger partial charge in [0.05, 0.1) is 12.7 Å². The third kappa shape index (κ3) is 2.58. The molecule has 1 aliphatic heterocycles. The summed E-state index contributed by atoms with van der Waals surface area (Å²) < 4.78 is 5.27. The van der Waals surface area contributed by atoms with Crippen LogP contribution >= 0.6 is 0 Å². The highest BCUT2D eigenvalue weighted by Crippen LogP contribution is 2.28. The van der Waals surface area contributed by atoms with Crippen molar-refractivity contribution in [3.05, 3.63) is 23.8 Å². The van der Waals surface area contributed by atoms with E-state index in [0.717, 1.165) is 32.2 Å². The maximum absolute atomic E-state index is 12.6. The van der Waals surface area contributed by atoms with Crippen LogP contribution in [0, 0.1) is 0 Å². The van der Waals surface area contributed by atoms with Crippen LogP contribution in [-0.2, 0) is 0 Å². The highest BCUT2D eigenvalue weighted by molar-refractivity contribution is 5.97. The summed E-state index contributed by atoms with van der Waals surface area (Å²) in [7, 11) is 1.58. The maximum Gasteiger partial charge on any atom is 0.257 e. The molecule has 0 atom stereocenters. The largest absolute Gasteiger partial charge is 0.496 e. The first-order chi connectivity index (χ1) is 9.69. The van der Waals surface area contributed by atoms with Crippen molar-refractivity contribution in [3.8, 4) is 5.75 Å². The van der Waals surface area contributed by atoms with E-state index in [1.807, 2.05) is 4.90 Å². The molecule has 1 aromatic carbocycles. The lowest BCUT2D eigenvalue weighted by Crippen LogP contribution is -2.49. The van der Waals surface area contributed by atoms with Crippen LogP contribution in [0.3, 0.4) is 0 Å². The van der Waals surface area contributed by atoms with Gasteiger partial charge in [-0.2, -0.15) is 0 Å². The van der Waals surface area contributed by atoms with E-state index in [0.29, 0.717) is 17.0 Å². The van der Waals surface area contributed by atoms with E-state index in [-0.39, 0.29) is 5.91 Å². The van der Waals surface area contributed by atoms with Crippen LogP contribution in [0.1, 0.15) is 23.2 Å². The number of nitrogens with two attached hydrogens (primary N) is 1. The van der Waals surface area contributed by atoms with Crippen molar-refractivity contribution in [2.24, 2.45) is 0 Å². The summed E-state index contributed by atoms with van der Waals surface area (Å²) in [5.74, 6) is 0.610. The molecule has 5 heteroatoms. The molecule has 0 aromatic heterocycles. The van der Waals surface area contributed by atoms with Gasteiger partial charge in [0, 0.05) is 37.9 Å². The Labute approximate surface area is 119 Å². The Bertz CT molecular complexity index is 506. The Balaban J connectivity index is 1.71. The highest BCUT2D eigenvalue weighted by atomic mass is 16.5. The smallest absolute Gasteiger partial charge is 0.257 e. The second-order valence-electron chi connectivity index (χ2n) is 5.52. The maximum atomic E-state index is 12.6. The number of nitrogen functional groups attached to an aromatic ring is 1. The van der Waals surface area contributed by atoms with Crippen molar-refractivity contribution in [3.63, 3.8) is 0 Å². The van der Waals surface area contributed by atoms with E-state index in [1.165, 1.54) is 12.8 Å². The molecule has 1 heterocycles. The number of piperazine rings is 1.